The van der Waals surface area contributed by atoms with E-state index in [-0.39, 0.29) is 11.7 Å². The molecule has 2 aromatic carbocycles. The van der Waals surface area contributed by atoms with Crippen LogP contribution in [0.3, 0.4) is 0 Å². The average molecular weight is 386 g/mol. The van der Waals surface area contributed by atoms with E-state index in [9.17, 15) is 9.18 Å². The van der Waals surface area contributed by atoms with Crippen molar-refractivity contribution in [3.63, 3.8) is 0 Å². The van der Waals surface area contributed by atoms with E-state index in [1.165, 1.54) is 18.3 Å². The monoisotopic (exact) mass is 385 g/mol. The zero-order valence-corrected chi connectivity index (χ0v) is 14.0. The van der Waals surface area contributed by atoms with Gasteiger partial charge in [0.25, 0.3) is 5.91 Å². The lowest BCUT2D eigenvalue weighted by Crippen LogP contribution is -2.12. The maximum atomic E-state index is 12.9. The van der Waals surface area contributed by atoms with Gasteiger partial charge in [-0.15, -0.1) is 0 Å². The van der Waals surface area contributed by atoms with Gasteiger partial charge in [0.1, 0.15) is 5.82 Å². The molecule has 120 valence electrons. The predicted molar refractivity (Wildman–Crippen MR) is 96.0 cm³/mol. The summed E-state index contributed by atoms with van der Waals surface area (Å²) in [7, 11) is 0. The van der Waals surface area contributed by atoms with Crippen LogP contribution in [0.15, 0.2) is 71.5 Å². The van der Waals surface area contributed by atoms with Gasteiger partial charge < -0.3 is 10.6 Å². The van der Waals surface area contributed by atoms with Gasteiger partial charge in [0.05, 0.1) is 17.4 Å². The SMILES string of the molecule is O=C(Nc1ccc(Br)cc1)c1cncc(Nc2ccc(F)cc2)c1. The molecule has 2 N–H and O–H groups in total. The number of aromatic nitrogens is 1. The maximum Gasteiger partial charge on any atom is 0.257 e. The fourth-order valence-corrected chi connectivity index (χ4v) is 2.33. The molecule has 1 heterocycles. The Labute approximate surface area is 146 Å². The van der Waals surface area contributed by atoms with E-state index in [0.29, 0.717) is 22.6 Å². The quantitative estimate of drug-likeness (QED) is 0.665. The number of hydrogen-bond donors (Lipinski definition) is 2. The average Bonchev–Trinajstić information content (AvgIpc) is 2.59. The number of carbonyl (C=O) groups is 1. The summed E-state index contributed by atoms with van der Waals surface area (Å²) in [5, 5.41) is 5.89. The smallest absolute Gasteiger partial charge is 0.257 e. The van der Waals surface area contributed by atoms with Gasteiger partial charge in [0.2, 0.25) is 0 Å². The fourth-order valence-electron chi connectivity index (χ4n) is 2.07. The Kier molecular flexibility index (Phi) is 4.86. The molecule has 6 heteroatoms. The van der Waals surface area contributed by atoms with Gasteiger partial charge >= 0.3 is 0 Å². The topological polar surface area (TPSA) is 54.0 Å². The molecule has 0 fully saturated rings. The molecule has 0 atom stereocenters. The summed E-state index contributed by atoms with van der Waals surface area (Å²) < 4.78 is 13.9. The van der Waals surface area contributed by atoms with Gasteiger partial charge in [-0.1, -0.05) is 15.9 Å². The Morgan fingerprint density at radius 3 is 2.29 bits per heavy atom. The summed E-state index contributed by atoms with van der Waals surface area (Å²) in [6, 6.07) is 14.9. The number of rotatable bonds is 4. The molecule has 0 unspecified atom stereocenters. The first-order valence-corrected chi connectivity index (χ1v) is 7.94. The molecule has 1 aromatic heterocycles. The van der Waals surface area contributed by atoms with Crippen molar-refractivity contribution in [2.24, 2.45) is 0 Å². The molecule has 0 aliphatic rings. The van der Waals surface area contributed by atoms with Crippen molar-refractivity contribution in [3.05, 3.63) is 82.8 Å². The summed E-state index contributed by atoms with van der Waals surface area (Å²) in [6.45, 7) is 0. The Bertz CT molecular complexity index is 851. The maximum absolute atomic E-state index is 12.9. The van der Waals surface area contributed by atoms with Crippen LogP contribution in [0.25, 0.3) is 0 Å². The van der Waals surface area contributed by atoms with E-state index >= 15 is 0 Å². The third kappa shape index (κ3) is 4.17. The van der Waals surface area contributed by atoms with E-state index in [1.807, 2.05) is 12.1 Å². The highest BCUT2D eigenvalue weighted by Crippen LogP contribution is 2.19. The summed E-state index contributed by atoms with van der Waals surface area (Å²) in [5.41, 5.74) is 2.47. The number of amides is 1. The lowest BCUT2D eigenvalue weighted by molar-refractivity contribution is 0.102. The van der Waals surface area contributed by atoms with Crippen LogP contribution in [0.4, 0.5) is 21.5 Å². The van der Waals surface area contributed by atoms with Crippen molar-refractivity contribution >= 4 is 38.9 Å². The van der Waals surface area contributed by atoms with Crippen molar-refractivity contribution in [2.45, 2.75) is 0 Å². The van der Waals surface area contributed by atoms with E-state index in [4.69, 9.17) is 0 Å². The van der Waals surface area contributed by atoms with Crippen molar-refractivity contribution < 1.29 is 9.18 Å². The number of halogens is 2. The molecule has 0 aliphatic carbocycles. The molecule has 1 amide bonds. The normalized spacial score (nSPS) is 10.2. The minimum absolute atomic E-state index is 0.257. The van der Waals surface area contributed by atoms with Crippen LogP contribution in [0.1, 0.15) is 10.4 Å². The summed E-state index contributed by atoms with van der Waals surface area (Å²) in [5.74, 6) is -0.561. The number of hydrogen-bond acceptors (Lipinski definition) is 3. The first kappa shape index (κ1) is 16.1. The Balaban J connectivity index is 1.73. The van der Waals surface area contributed by atoms with Gasteiger partial charge in [0.15, 0.2) is 0 Å². The molecule has 0 saturated carbocycles. The van der Waals surface area contributed by atoms with Gasteiger partial charge in [-0.05, 0) is 54.6 Å². The molecule has 3 rings (SSSR count). The second kappa shape index (κ2) is 7.23. The van der Waals surface area contributed by atoms with Crippen LogP contribution < -0.4 is 10.6 Å². The third-order valence-electron chi connectivity index (χ3n) is 3.24. The van der Waals surface area contributed by atoms with Crippen molar-refractivity contribution in [1.82, 2.24) is 4.98 Å². The number of anilines is 3. The Morgan fingerprint density at radius 1 is 0.917 bits per heavy atom. The Morgan fingerprint density at radius 2 is 1.58 bits per heavy atom. The first-order valence-electron chi connectivity index (χ1n) is 7.15. The highest BCUT2D eigenvalue weighted by Gasteiger charge is 2.08. The van der Waals surface area contributed by atoms with E-state index in [0.717, 1.165) is 4.47 Å². The molecule has 3 aromatic rings. The summed E-state index contributed by atoms with van der Waals surface area (Å²) in [6.07, 6.45) is 3.09. The molecular formula is C18H13BrFN3O. The standard InChI is InChI=1S/C18H13BrFN3O/c19-13-1-5-16(6-2-13)23-18(24)12-9-17(11-21-10-12)22-15-7-3-14(20)4-8-15/h1-11,22H,(H,23,24). The summed E-state index contributed by atoms with van der Waals surface area (Å²) in [4.78, 5) is 16.4. The zero-order valence-electron chi connectivity index (χ0n) is 12.5. The zero-order chi connectivity index (χ0) is 16.9. The lowest BCUT2D eigenvalue weighted by Gasteiger charge is -2.09. The molecular weight excluding hydrogens is 373 g/mol. The van der Waals surface area contributed by atoms with Gasteiger partial charge in [-0.2, -0.15) is 0 Å². The van der Waals surface area contributed by atoms with Crippen LogP contribution in [0.2, 0.25) is 0 Å². The largest absolute Gasteiger partial charge is 0.354 e. The van der Waals surface area contributed by atoms with Crippen molar-refractivity contribution in [3.8, 4) is 0 Å². The molecule has 0 bridgehead atoms. The molecule has 0 radical (unpaired) electrons. The minimum atomic E-state index is -0.304. The van der Waals surface area contributed by atoms with Crippen LogP contribution >= 0.6 is 15.9 Å². The number of nitrogens with zero attached hydrogens (tertiary/aromatic N) is 1. The third-order valence-corrected chi connectivity index (χ3v) is 3.76. The van der Waals surface area contributed by atoms with Gasteiger partial charge in [-0.25, -0.2) is 4.39 Å². The number of pyridine rings is 1. The van der Waals surface area contributed by atoms with E-state index in [1.54, 1.807) is 36.5 Å². The molecule has 0 spiro atoms. The van der Waals surface area contributed by atoms with E-state index in [2.05, 4.69) is 31.5 Å². The van der Waals surface area contributed by atoms with Crippen molar-refractivity contribution in [1.29, 1.82) is 0 Å². The second-order valence-corrected chi connectivity index (χ2v) is 5.97. The highest BCUT2D eigenvalue weighted by molar-refractivity contribution is 9.10. The first-order chi connectivity index (χ1) is 11.6. The van der Waals surface area contributed by atoms with Gasteiger partial charge in [0, 0.05) is 22.0 Å². The van der Waals surface area contributed by atoms with Crippen LogP contribution in [-0.2, 0) is 0 Å². The highest BCUT2D eigenvalue weighted by atomic mass is 79.9. The number of nitrogens with one attached hydrogen (secondary N) is 2. The molecule has 4 nitrogen and oxygen atoms in total. The van der Waals surface area contributed by atoms with Gasteiger partial charge in [-0.3, -0.25) is 9.78 Å². The number of carbonyl (C=O) groups excluding carboxylic acids is 1. The van der Waals surface area contributed by atoms with Crippen LogP contribution in [-0.4, -0.2) is 10.9 Å². The number of benzene rings is 2. The Hall–Kier alpha value is -2.73. The van der Waals surface area contributed by atoms with Crippen LogP contribution in [0, 0.1) is 5.82 Å². The molecule has 24 heavy (non-hydrogen) atoms. The second-order valence-electron chi connectivity index (χ2n) is 5.06. The van der Waals surface area contributed by atoms with Crippen molar-refractivity contribution in [2.75, 3.05) is 10.6 Å². The molecule has 0 saturated heterocycles. The predicted octanol–water partition coefficient (Wildman–Crippen LogP) is 4.98. The van der Waals surface area contributed by atoms with Crippen LogP contribution in [0.5, 0.6) is 0 Å². The lowest BCUT2D eigenvalue weighted by atomic mass is 10.2. The summed E-state index contributed by atoms with van der Waals surface area (Å²) >= 11 is 3.35. The minimum Gasteiger partial charge on any atom is -0.354 e. The fraction of sp³-hybridized carbons (Fsp3) is 0. The molecule has 0 aliphatic heterocycles. The van der Waals surface area contributed by atoms with E-state index < -0.39 is 0 Å².